The number of aromatic nitrogens is 1. The molecule has 0 fully saturated rings. The number of aliphatic hydroxyl groups is 1. The zero-order valence-corrected chi connectivity index (χ0v) is 18.3. The summed E-state index contributed by atoms with van der Waals surface area (Å²) in [5.74, 6) is 1.09. The zero-order chi connectivity index (χ0) is 22.4. The van der Waals surface area contributed by atoms with Gasteiger partial charge in [-0.1, -0.05) is 18.2 Å². The van der Waals surface area contributed by atoms with E-state index in [0.29, 0.717) is 24.6 Å². The molecule has 168 valence electrons. The maximum absolute atomic E-state index is 12.7. The smallest absolute Gasteiger partial charge is 0.265 e. The van der Waals surface area contributed by atoms with Crippen LogP contribution < -0.4 is 20.3 Å². The number of nitrogens with zero attached hydrogens (tertiary/aromatic N) is 2. The fourth-order valence-electron chi connectivity index (χ4n) is 5.18. The third kappa shape index (κ3) is 3.58. The number of rotatable bonds is 5. The first-order valence-electron chi connectivity index (χ1n) is 11.5. The van der Waals surface area contributed by atoms with Crippen molar-refractivity contribution in [3.05, 3.63) is 71.5 Å². The van der Waals surface area contributed by atoms with Crippen molar-refractivity contribution in [3.63, 3.8) is 0 Å². The summed E-state index contributed by atoms with van der Waals surface area (Å²) in [4.78, 5) is 18.9. The number of fused-ring (bicyclic) bond motifs is 3. The fourth-order valence-corrected chi connectivity index (χ4v) is 5.18. The number of para-hydroxylation sites is 1. The van der Waals surface area contributed by atoms with Crippen LogP contribution in [-0.2, 0) is 11.2 Å². The van der Waals surface area contributed by atoms with Crippen LogP contribution >= 0.6 is 0 Å². The summed E-state index contributed by atoms with van der Waals surface area (Å²) >= 11 is 0. The van der Waals surface area contributed by atoms with Gasteiger partial charge in [-0.05, 0) is 54.7 Å². The number of amides is 1. The van der Waals surface area contributed by atoms with Crippen LogP contribution in [0.3, 0.4) is 0 Å². The van der Waals surface area contributed by atoms with Crippen molar-refractivity contribution in [2.75, 3.05) is 35.2 Å². The molecule has 3 heterocycles. The second kappa shape index (κ2) is 8.08. The minimum Gasteiger partial charge on any atom is -0.481 e. The van der Waals surface area contributed by atoms with Crippen LogP contribution in [0.1, 0.15) is 41.7 Å². The van der Waals surface area contributed by atoms with Gasteiger partial charge < -0.3 is 25.4 Å². The zero-order valence-electron chi connectivity index (χ0n) is 18.3. The Labute approximate surface area is 192 Å². The molecule has 2 aliphatic heterocycles. The van der Waals surface area contributed by atoms with Gasteiger partial charge in [0.25, 0.3) is 5.91 Å². The van der Waals surface area contributed by atoms with Crippen molar-refractivity contribution >= 4 is 28.7 Å². The first-order valence-corrected chi connectivity index (χ1v) is 11.5. The van der Waals surface area contributed by atoms with Gasteiger partial charge in [0.1, 0.15) is 5.75 Å². The SMILES string of the molecule is O=C1COc2cc(Nc3ccnc4c3CCC4O)ccc2N1CCC1CNc2ccccc21. The first kappa shape index (κ1) is 20.1. The maximum atomic E-state index is 12.7. The number of ether oxygens (including phenoxy) is 1. The Morgan fingerprint density at radius 1 is 1.21 bits per heavy atom. The molecule has 0 saturated heterocycles. The van der Waals surface area contributed by atoms with E-state index in [1.807, 2.05) is 35.2 Å². The van der Waals surface area contributed by atoms with Crippen molar-refractivity contribution in [3.8, 4) is 5.75 Å². The monoisotopic (exact) mass is 442 g/mol. The highest BCUT2D eigenvalue weighted by atomic mass is 16.5. The highest BCUT2D eigenvalue weighted by molar-refractivity contribution is 5.98. The van der Waals surface area contributed by atoms with Crippen molar-refractivity contribution in [2.45, 2.75) is 31.3 Å². The Morgan fingerprint density at radius 2 is 2.12 bits per heavy atom. The Bertz CT molecular complexity index is 1230. The van der Waals surface area contributed by atoms with E-state index in [4.69, 9.17) is 4.74 Å². The highest BCUT2D eigenvalue weighted by Gasteiger charge is 2.29. The average Bonchev–Trinajstić information content (AvgIpc) is 3.43. The molecular formula is C26H26N4O3. The molecule has 0 spiro atoms. The van der Waals surface area contributed by atoms with E-state index in [9.17, 15) is 9.90 Å². The fraction of sp³-hybridized carbons (Fsp3) is 0.308. The molecule has 3 aliphatic rings. The lowest BCUT2D eigenvalue weighted by Gasteiger charge is -2.30. The van der Waals surface area contributed by atoms with Crippen LogP contribution in [0.15, 0.2) is 54.7 Å². The standard InChI is InChI=1S/C26H26N4O3/c31-23-8-6-19-21(9-11-27-26(19)23)29-17-5-7-22-24(13-17)33-15-25(32)30(22)12-10-16-14-28-20-4-2-1-3-18(16)20/h1-5,7,9,11,13,16,23,28,31H,6,8,10,12,14-15H2,(H,27,29). The number of aliphatic hydroxyl groups excluding tert-OH is 1. The van der Waals surface area contributed by atoms with Gasteiger partial charge in [-0.25, -0.2) is 0 Å². The molecule has 0 bridgehead atoms. The van der Waals surface area contributed by atoms with Crippen molar-refractivity contribution in [2.24, 2.45) is 0 Å². The van der Waals surface area contributed by atoms with Crippen LogP contribution in [0.5, 0.6) is 5.75 Å². The first-order chi connectivity index (χ1) is 16.2. The molecule has 33 heavy (non-hydrogen) atoms. The Balaban J connectivity index is 1.20. The summed E-state index contributed by atoms with van der Waals surface area (Å²) in [5, 5.41) is 17.0. The largest absolute Gasteiger partial charge is 0.481 e. The van der Waals surface area contributed by atoms with E-state index >= 15 is 0 Å². The summed E-state index contributed by atoms with van der Waals surface area (Å²) in [7, 11) is 0. The summed E-state index contributed by atoms with van der Waals surface area (Å²) < 4.78 is 5.79. The van der Waals surface area contributed by atoms with E-state index in [1.54, 1.807) is 6.20 Å². The Hall–Kier alpha value is -3.58. The van der Waals surface area contributed by atoms with Gasteiger partial charge in [0.05, 0.1) is 17.5 Å². The van der Waals surface area contributed by atoms with Crippen molar-refractivity contribution < 1.29 is 14.6 Å². The van der Waals surface area contributed by atoms with E-state index < -0.39 is 6.10 Å². The highest BCUT2D eigenvalue weighted by Crippen LogP contribution is 2.39. The van der Waals surface area contributed by atoms with Gasteiger partial charge in [-0.2, -0.15) is 0 Å². The van der Waals surface area contributed by atoms with E-state index in [1.165, 1.54) is 11.3 Å². The van der Waals surface area contributed by atoms with Crippen LogP contribution in [0.2, 0.25) is 0 Å². The minimum absolute atomic E-state index is 0.0107. The van der Waals surface area contributed by atoms with E-state index in [-0.39, 0.29) is 12.5 Å². The number of carbonyl (C=O) groups excluding carboxylic acids is 1. The third-order valence-electron chi connectivity index (χ3n) is 6.90. The van der Waals surface area contributed by atoms with Crippen molar-refractivity contribution in [1.82, 2.24) is 4.98 Å². The van der Waals surface area contributed by atoms with Gasteiger partial charge in [0.15, 0.2) is 6.61 Å². The lowest BCUT2D eigenvalue weighted by molar-refractivity contribution is -0.121. The predicted octanol–water partition coefficient (Wildman–Crippen LogP) is 4.13. The van der Waals surface area contributed by atoms with Gasteiger partial charge in [-0.15, -0.1) is 0 Å². The molecule has 2 atom stereocenters. The second-order valence-corrected chi connectivity index (χ2v) is 8.87. The van der Waals surface area contributed by atoms with E-state index in [0.717, 1.165) is 47.7 Å². The Kier molecular flexibility index (Phi) is 4.91. The van der Waals surface area contributed by atoms with Crippen LogP contribution in [0.4, 0.5) is 22.7 Å². The lowest BCUT2D eigenvalue weighted by Crippen LogP contribution is -2.39. The molecule has 7 nitrogen and oxygen atoms in total. The van der Waals surface area contributed by atoms with Crippen LogP contribution in [-0.4, -0.2) is 35.7 Å². The van der Waals surface area contributed by atoms with Gasteiger partial charge in [0, 0.05) is 48.3 Å². The number of anilines is 4. The molecule has 2 unspecified atom stereocenters. The number of nitrogens with one attached hydrogen (secondary N) is 2. The summed E-state index contributed by atoms with van der Waals surface area (Å²) in [6, 6.07) is 16.2. The number of carbonyl (C=O) groups is 1. The molecule has 0 radical (unpaired) electrons. The van der Waals surface area contributed by atoms with Gasteiger partial charge in [0.2, 0.25) is 0 Å². The minimum atomic E-state index is -0.491. The number of hydrogen-bond acceptors (Lipinski definition) is 6. The third-order valence-corrected chi connectivity index (χ3v) is 6.90. The quantitative estimate of drug-likeness (QED) is 0.551. The molecule has 6 rings (SSSR count). The maximum Gasteiger partial charge on any atom is 0.265 e. The number of hydrogen-bond donors (Lipinski definition) is 3. The molecule has 3 aromatic rings. The number of pyridine rings is 1. The van der Waals surface area contributed by atoms with Gasteiger partial charge >= 0.3 is 0 Å². The van der Waals surface area contributed by atoms with Crippen molar-refractivity contribution in [1.29, 1.82) is 0 Å². The molecule has 1 aromatic heterocycles. The second-order valence-electron chi connectivity index (χ2n) is 8.87. The normalized spacial score (nSPS) is 20.5. The summed E-state index contributed by atoms with van der Waals surface area (Å²) in [5.41, 5.74) is 6.99. The molecular weight excluding hydrogens is 416 g/mol. The molecule has 0 saturated carbocycles. The lowest BCUT2D eigenvalue weighted by atomic mass is 9.97. The molecule has 1 aliphatic carbocycles. The number of benzene rings is 2. The molecule has 2 aromatic carbocycles. The summed E-state index contributed by atoms with van der Waals surface area (Å²) in [6.45, 7) is 1.60. The van der Waals surface area contributed by atoms with E-state index in [2.05, 4.69) is 33.8 Å². The van der Waals surface area contributed by atoms with Crippen LogP contribution in [0, 0.1) is 0 Å². The Morgan fingerprint density at radius 3 is 3.06 bits per heavy atom. The predicted molar refractivity (Wildman–Crippen MR) is 127 cm³/mol. The molecule has 7 heteroatoms. The molecule has 1 amide bonds. The van der Waals surface area contributed by atoms with Crippen LogP contribution in [0.25, 0.3) is 0 Å². The summed E-state index contributed by atoms with van der Waals surface area (Å²) in [6.07, 6.45) is 3.62. The average molecular weight is 443 g/mol. The molecule has 3 N–H and O–H groups in total. The topological polar surface area (TPSA) is 86.7 Å². The van der Waals surface area contributed by atoms with Gasteiger partial charge in [-0.3, -0.25) is 9.78 Å².